The predicted octanol–water partition coefficient (Wildman–Crippen LogP) is 2.37. The summed E-state index contributed by atoms with van der Waals surface area (Å²) in [6.45, 7) is 5.00. The number of ether oxygens (including phenoxy) is 1. The lowest BCUT2D eigenvalue weighted by Crippen LogP contribution is -2.30. The summed E-state index contributed by atoms with van der Waals surface area (Å²) in [6.07, 6.45) is 0. The molecule has 0 aliphatic carbocycles. The summed E-state index contributed by atoms with van der Waals surface area (Å²) in [4.78, 5) is 0. The lowest BCUT2D eigenvalue weighted by atomic mass is 10.1. The van der Waals surface area contributed by atoms with Crippen LogP contribution in [0.5, 0.6) is 0 Å². The molecule has 1 N–H and O–H groups in total. The molecule has 0 saturated carbocycles. The minimum atomic E-state index is 0.293. The summed E-state index contributed by atoms with van der Waals surface area (Å²) in [5.41, 5.74) is 1.28. The maximum absolute atomic E-state index is 5.20. The van der Waals surface area contributed by atoms with Crippen LogP contribution in [0.1, 0.15) is 25.5 Å². The molecule has 0 aromatic heterocycles. The fourth-order valence-corrected chi connectivity index (χ4v) is 1.49. The van der Waals surface area contributed by atoms with E-state index in [9.17, 15) is 0 Å². The maximum atomic E-state index is 5.20. The van der Waals surface area contributed by atoms with Gasteiger partial charge in [-0.1, -0.05) is 44.2 Å². The molecule has 2 nitrogen and oxygen atoms in total. The van der Waals surface area contributed by atoms with Crippen molar-refractivity contribution in [1.82, 2.24) is 5.32 Å². The van der Waals surface area contributed by atoms with Crippen molar-refractivity contribution in [3.05, 3.63) is 35.9 Å². The summed E-state index contributed by atoms with van der Waals surface area (Å²) in [6, 6.07) is 11.2. The number of hydrogen-bond acceptors (Lipinski definition) is 2. The van der Waals surface area contributed by atoms with E-state index in [1.54, 1.807) is 7.11 Å². The zero-order valence-corrected chi connectivity index (χ0v) is 9.16. The Morgan fingerprint density at radius 2 is 1.86 bits per heavy atom. The quantitative estimate of drug-likeness (QED) is 0.775. The molecule has 0 bridgehead atoms. The van der Waals surface area contributed by atoms with Gasteiger partial charge in [-0.2, -0.15) is 0 Å². The van der Waals surface area contributed by atoms with Crippen molar-refractivity contribution in [2.45, 2.75) is 25.9 Å². The zero-order chi connectivity index (χ0) is 10.4. The van der Waals surface area contributed by atoms with Crippen LogP contribution in [-0.4, -0.2) is 19.8 Å². The molecule has 1 rings (SSSR count). The van der Waals surface area contributed by atoms with Gasteiger partial charge in [-0.05, 0) is 5.56 Å². The van der Waals surface area contributed by atoms with Crippen molar-refractivity contribution in [2.24, 2.45) is 0 Å². The molecule has 0 aliphatic rings. The van der Waals surface area contributed by atoms with E-state index < -0.39 is 0 Å². The first kappa shape index (κ1) is 11.2. The minimum Gasteiger partial charge on any atom is -0.383 e. The lowest BCUT2D eigenvalue weighted by molar-refractivity contribution is 0.163. The summed E-state index contributed by atoms with van der Waals surface area (Å²) in [5.74, 6) is 0. The van der Waals surface area contributed by atoms with Crippen molar-refractivity contribution in [3.63, 3.8) is 0 Å². The van der Waals surface area contributed by atoms with Gasteiger partial charge in [0.05, 0.1) is 12.6 Å². The predicted molar refractivity (Wildman–Crippen MR) is 59.3 cm³/mol. The van der Waals surface area contributed by atoms with E-state index in [0.717, 1.165) is 0 Å². The van der Waals surface area contributed by atoms with Crippen LogP contribution in [0.4, 0.5) is 0 Å². The van der Waals surface area contributed by atoms with Gasteiger partial charge in [0.2, 0.25) is 0 Å². The van der Waals surface area contributed by atoms with Crippen molar-refractivity contribution in [2.75, 3.05) is 13.7 Å². The molecule has 0 saturated heterocycles. The third-order valence-electron chi connectivity index (χ3n) is 2.07. The average molecular weight is 193 g/mol. The van der Waals surface area contributed by atoms with E-state index in [1.807, 2.05) is 6.07 Å². The van der Waals surface area contributed by atoms with Crippen molar-refractivity contribution >= 4 is 0 Å². The maximum Gasteiger partial charge on any atom is 0.0657 e. The first-order chi connectivity index (χ1) is 6.74. The second-order valence-electron chi connectivity index (χ2n) is 3.74. The molecule has 2 heteroatoms. The molecule has 0 heterocycles. The minimum absolute atomic E-state index is 0.293. The van der Waals surface area contributed by atoms with Gasteiger partial charge in [-0.25, -0.2) is 0 Å². The smallest absolute Gasteiger partial charge is 0.0657 e. The van der Waals surface area contributed by atoms with Crippen molar-refractivity contribution < 1.29 is 4.74 Å². The zero-order valence-electron chi connectivity index (χ0n) is 9.16. The van der Waals surface area contributed by atoms with E-state index in [4.69, 9.17) is 4.74 Å². The summed E-state index contributed by atoms with van der Waals surface area (Å²) in [5, 5.41) is 3.47. The van der Waals surface area contributed by atoms with Gasteiger partial charge in [-0.15, -0.1) is 0 Å². The number of methoxy groups -OCH3 is 1. The van der Waals surface area contributed by atoms with Gasteiger partial charge in [-0.3, -0.25) is 0 Å². The highest BCUT2D eigenvalue weighted by Crippen LogP contribution is 2.13. The molecule has 78 valence electrons. The number of hydrogen-bond donors (Lipinski definition) is 1. The van der Waals surface area contributed by atoms with E-state index in [1.165, 1.54) is 5.56 Å². The Hall–Kier alpha value is -0.860. The van der Waals surface area contributed by atoms with Crippen molar-refractivity contribution in [3.8, 4) is 0 Å². The van der Waals surface area contributed by atoms with Crippen LogP contribution in [0.3, 0.4) is 0 Å². The number of rotatable bonds is 5. The second kappa shape index (κ2) is 5.78. The van der Waals surface area contributed by atoms with E-state index in [-0.39, 0.29) is 0 Å². The molecule has 1 aromatic carbocycles. The van der Waals surface area contributed by atoms with Gasteiger partial charge in [0.25, 0.3) is 0 Å². The highest BCUT2D eigenvalue weighted by Gasteiger charge is 2.10. The third kappa shape index (κ3) is 3.48. The third-order valence-corrected chi connectivity index (χ3v) is 2.07. The number of benzene rings is 1. The summed E-state index contributed by atoms with van der Waals surface area (Å²) < 4.78 is 5.20. The average Bonchev–Trinajstić information content (AvgIpc) is 2.18. The van der Waals surface area contributed by atoms with Gasteiger partial charge in [0.15, 0.2) is 0 Å². The standard InChI is InChI=1S/C12H19NO/c1-10(2)13-12(9-14-3)11-7-5-4-6-8-11/h4-8,10,12-13H,9H2,1-3H3/t12-/m0/s1. The Bertz CT molecular complexity index is 246. The molecule has 0 unspecified atom stereocenters. The van der Waals surface area contributed by atoms with Crippen LogP contribution < -0.4 is 5.32 Å². The van der Waals surface area contributed by atoms with Crippen LogP contribution in [0.25, 0.3) is 0 Å². The molecular formula is C12H19NO. The normalized spacial score (nSPS) is 13.1. The largest absolute Gasteiger partial charge is 0.383 e. The van der Waals surface area contributed by atoms with Crippen LogP contribution in [0.2, 0.25) is 0 Å². The summed E-state index contributed by atoms with van der Waals surface area (Å²) >= 11 is 0. The Labute approximate surface area is 86.3 Å². The SMILES string of the molecule is COC[C@H](NC(C)C)c1ccccc1. The first-order valence-electron chi connectivity index (χ1n) is 5.04. The highest BCUT2D eigenvalue weighted by atomic mass is 16.5. The highest BCUT2D eigenvalue weighted by molar-refractivity contribution is 5.19. The molecule has 1 atom stereocenters. The first-order valence-corrected chi connectivity index (χ1v) is 5.04. The molecule has 0 aliphatic heterocycles. The Morgan fingerprint density at radius 3 is 2.36 bits per heavy atom. The monoisotopic (exact) mass is 193 g/mol. The Morgan fingerprint density at radius 1 is 1.21 bits per heavy atom. The van der Waals surface area contributed by atoms with Crippen LogP contribution >= 0.6 is 0 Å². The van der Waals surface area contributed by atoms with E-state index in [2.05, 4.69) is 43.4 Å². The van der Waals surface area contributed by atoms with Crippen LogP contribution in [0, 0.1) is 0 Å². The Kier molecular flexibility index (Phi) is 4.63. The van der Waals surface area contributed by atoms with Crippen LogP contribution in [0.15, 0.2) is 30.3 Å². The molecule has 0 radical (unpaired) electrons. The van der Waals surface area contributed by atoms with Gasteiger partial charge in [0.1, 0.15) is 0 Å². The molecular weight excluding hydrogens is 174 g/mol. The van der Waals surface area contributed by atoms with E-state index >= 15 is 0 Å². The summed E-state index contributed by atoms with van der Waals surface area (Å²) in [7, 11) is 1.73. The lowest BCUT2D eigenvalue weighted by Gasteiger charge is -2.20. The molecule has 14 heavy (non-hydrogen) atoms. The van der Waals surface area contributed by atoms with Gasteiger partial charge in [0, 0.05) is 13.2 Å². The van der Waals surface area contributed by atoms with E-state index in [0.29, 0.717) is 18.7 Å². The molecule has 1 aromatic rings. The van der Waals surface area contributed by atoms with Crippen LogP contribution in [-0.2, 0) is 4.74 Å². The topological polar surface area (TPSA) is 21.3 Å². The van der Waals surface area contributed by atoms with Gasteiger partial charge < -0.3 is 10.1 Å². The fourth-order valence-electron chi connectivity index (χ4n) is 1.49. The fraction of sp³-hybridized carbons (Fsp3) is 0.500. The second-order valence-corrected chi connectivity index (χ2v) is 3.74. The Balaban J connectivity index is 2.67. The molecule has 0 fully saturated rings. The van der Waals surface area contributed by atoms with Crippen molar-refractivity contribution in [1.29, 1.82) is 0 Å². The number of nitrogens with one attached hydrogen (secondary N) is 1. The molecule has 0 spiro atoms. The molecule has 0 amide bonds. The van der Waals surface area contributed by atoms with Gasteiger partial charge >= 0.3 is 0 Å².